The average Bonchev–Trinajstić information content (AvgIpc) is 2.70. The lowest BCUT2D eigenvalue weighted by molar-refractivity contribution is -0.0459. The third-order valence-corrected chi connectivity index (χ3v) is 2.71. The summed E-state index contributed by atoms with van der Waals surface area (Å²) in [5, 5.41) is 18.5. The minimum atomic E-state index is -0.779. The van der Waals surface area contributed by atoms with Crippen LogP contribution in [0.15, 0.2) is 17.1 Å². The highest BCUT2D eigenvalue weighted by atomic mass is 16.5. The van der Waals surface area contributed by atoms with Crippen molar-refractivity contribution in [1.29, 1.82) is 0 Å². The summed E-state index contributed by atoms with van der Waals surface area (Å²) in [6.45, 7) is -0.282. The van der Waals surface area contributed by atoms with Gasteiger partial charge in [0.2, 0.25) is 5.88 Å². The van der Waals surface area contributed by atoms with Crippen molar-refractivity contribution in [3.63, 3.8) is 0 Å². The smallest absolute Gasteiger partial charge is 0.352 e. The van der Waals surface area contributed by atoms with E-state index in [2.05, 4.69) is 4.98 Å². The third-order valence-electron chi connectivity index (χ3n) is 2.71. The lowest BCUT2D eigenvalue weighted by Crippen LogP contribution is -2.27. The van der Waals surface area contributed by atoms with Crippen LogP contribution in [0.3, 0.4) is 0 Å². The SMILES string of the molecule is COc1ccn(C2C[C@H](O)[C@@H](CO)O2)c(=O)n1. The fourth-order valence-corrected chi connectivity index (χ4v) is 1.78. The van der Waals surface area contributed by atoms with Gasteiger partial charge in [0.15, 0.2) is 0 Å². The number of aromatic nitrogens is 2. The molecule has 0 spiro atoms. The molecule has 1 aromatic rings. The molecule has 0 saturated carbocycles. The molecule has 3 atom stereocenters. The van der Waals surface area contributed by atoms with E-state index in [1.165, 1.54) is 23.9 Å². The van der Waals surface area contributed by atoms with Gasteiger partial charge in [-0.2, -0.15) is 4.98 Å². The van der Waals surface area contributed by atoms with Crippen molar-refractivity contribution in [3.05, 3.63) is 22.7 Å². The Kier molecular flexibility index (Phi) is 3.41. The van der Waals surface area contributed by atoms with Crippen LogP contribution in [0, 0.1) is 0 Å². The summed E-state index contributed by atoms with van der Waals surface area (Å²) in [7, 11) is 1.42. The molecule has 1 aliphatic heterocycles. The zero-order valence-corrected chi connectivity index (χ0v) is 9.31. The predicted molar refractivity (Wildman–Crippen MR) is 56.7 cm³/mol. The van der Waals surface area contributed by atoms with Gasteiger partial charge in [-0.3, -0.25) is 4.57 Å². The summed E-state index contributed by atoms with van der Waals surface area (Å²) in [6.07, 6.45) is -0.300. The lowest BCUT2D eigenvalue weighted by Gasteiger charge is -2.14. The van der Waals surface area contributed by atoms with Crippen LogP contribution in [-0.4, -0.2) is 45.7 Å². The second-order valence-corrected chi connectivity index (χ2v) is 3.77. The molecule has 1 aliphatic rings. The first-order chi connectivity index (χ1) is 8.15. The fraction of sp³-hybridized carbons (Fsp3) is 0.600. The summed E-state index contributed by atoms with van der Waals surface area (Å²) in [5.41, 5.74) is -0.514. The van der Waals surface area contributed by atoms with E-state index >= 15 is 0 Å². The number of aliphatic hydroxyl groups excluding tert-OH is 2. The first-order valence-corrected chi connectivity index (χ1v) is 5.23. The van der Waals surface area contributed by atoms with E-state index in [4.69, 9.17) is 14.6 Å². The summed E-state index contributed by atoms with van der Waals surface area (Å²) >= 11 is 0. The zero-order chi connectivity index (χ0) is 12.4. The van der Waals surface area contributed by atoms with Crippen LogP contribution >= 0.6 is 0 Å². The summed E-state index contributed by atoms with van der Waals surface area (Å²) in [5.74, 6) is 0.225. The van der Waals surface area contributed by atoms with Crippen molar-refractivity contribution >= 4 is 0 Å². The van der Waals surface area contributed by atoms with Crippen LogP contribution in [0.2, 0.25) is 0 Å². The molecule has 1 fully saturated rings. The van der Waals surface area contributed by atoms with Gasteiger partial charge in [0.05, 0.1) is 19.8 Å². The molecule has 94 valence electrons. The number of methoxy groups -OCH3 is 1. The molecule has 0 aromatic carbocycles. The molecule has 2 rings (SSSR count). The van der Waals surface area contributed by atoms with E-state index in [0.717, 1.165) is 0 Å². The van der Waals surface area contributed by atoms with Gasteiger partial charge < -0.3 is 19.7 Å². The van der Waals surface area contributed by atoms with Gasteiger partial charge >= 0.3 is 5.69 Å². The molecule has 0 radical (unpaired) electrons. The maximum absolute atomic E-state index is 11.6. The molecule has 0 aliphatic carbocycles. The number of aliphatic hydroxyl groups is 2. The maximum Gasteiger partial charge on any atom is 0.352 e. The van der Waals surface area contributed by atoms with Crippen molar-refractivity contribution in [3.8, 4) is 5.88 Å². The van der Waals surface area contributed by atoms with Crippen molar-refractivity contribution < 1.29 is 19.7 Å². The second-order valence-electron chi connectivity index (χ2n) is 3.77. The Hall–Kier alpha value is -1.44. The van der Waals surface area contributed by atoms with Crippen LogP contribution in [0.1, 0.15) is 12.6 Å². The van der Waals surface area contributed by atoms with Crippen molar-refractivity contribution in [2.45, 2.75) is 24.9 Å². The molecule has 1 aromatic heterocycles. The normalized spacial score (nSPS) is 28.3. The molecular weight excluding hydrogens is 228 g/mol. The predicted octanol–water partition coefficient (Wildman–Crippen LogP) is -1.11. The molecule has 7 nitrogen and oxygen atoms in total. The second kappa shape index (κ2) is 4.82. The average molecular weight is 242 g/mol. The van der Waals surface area contributed by atoms with Crippen molar-refractivity contribution in [1.82, 2.24) is 9.55 Å². The van der Waals surface area contributed by atoms with Gasteiger partial charge in [0.1, 0.15) is 12.3 Å². The number of hydrogen-bond donors (Lipinski definition) is 2. The minimum Gasteiger partial charge on any atom is -0.481 e. The molecule has 0 amide bonds. The number of ether oxygens (including phenoxy) is 2. The van der Waals surface area contributed by atoms with Crippen LogP contribution in [-0.2, 0) is 4.74 Å². The van der Waals surface area contributed by atoms with Gasteiger partial charge in [-0.15, -0.1) is 0 Å². The van der Waals surface area contributed by atoms with Crippen molar-refractivity contribution in [2.24, 2.45) is 0 Å². The zero-order valence-electron chi connectivity index (χ0n) is 9.31. The molecule has 2 heterocycles. The van der Waals surface area contributed by atoms with Gasteiger partial charge in [-0.05, 0) is 0 Å². The molecule has 1 unspecified atom stereocenters. The van der Waals surface area contributed by atoms with Crippen LogP contribution in [0.4, 0.5) is 0 Å². The Morgan fingerprint density at radius 3 is 3.00 bits per heavy atom. The van der Waals surface area contributed by atoms with Gasteiger partial charge in [0.25, 0.3) is 0 Å². The monoisotopic (exact) mass is 242 g/mol. The van der Waals surface area contributed by atoms with E-state index in [0.29, 0.717) is 0 Å². The van der Waals surface area contributed by atoms with Crippen molar-refractivity contribution in [2.75, 3.05) is 13.7 Å². The van der Waals surface area contributed by atoms with Crippen LogP contribution < -0.4 is 10.4 Å². The molecule has 1 saturated heterocycles. The highest BCUT2D eigenvalue weighted by Crippen LogP contribution is 2.27. The van der Waals surface area contributed by atoms with Gasteiger partial charge in [0, 0.05) is 18.7 Å². The molecule has 0 bridgehead atoms. The van der Waals surface area contributed by atoms with Crippen LogP contribution in [0.5, 0.6) is 5.88 Å². The Labute approximate surface area is 97.2 Å². The standard InChI is InChI=1S/C10H14N2O5/c1-16-8-2-3-12(10(15)11-8)9-4-6(14)7(5-13)17-9/h2-3,6-7,9,13-14H,4-5H2,1H3/t6-,7+,9?/m0/s1. The number of rotatable bonds is 3. The topological polar surface area (TPSA) is 93.8 Å². The fourth-order valence-electron chi connectivity index (χ4n) is 1.78. The van der Waals surface area contributed by atoms with Gasteiger partial charge in [-0.1, -0.05) is 0 Å². The van der Waals surface area contributed by atoms with E-state index in [1.54, 1.807) is 0 Å². The third kappa shape index (κ3) is 2.31. The quantitative estimate of drug-likeness (QED) is 0.698. The van der Waals surface area contributed by atoms with E-state index in [1.807, 2.05) is 0 Å². The molecule has 17 heavy (non-hydrogen) atoms. The summed E-state index contributed by atoms with van der Waals surface area (Å²) < 4.78 is 11.4. The number of hydrogen-bond acceptors (Lipinski definition) is 6. The van der Waals surface area contributed by atoms with Crippen LogP contribution in [0.25, 0.3) is 0 Å². The largest absolute Gasteiger partial charge is 0.481 e. The highest BCUT2D eigenvalue weighted by Gasteiger charge is 2.34. The van der Waals surface area contributed by atoms with Gasteiger partial charge in [-0.25, -0.2) is 4.79 Å². The molecule has 7 heteroatoms. The Morgan fingerprint density at radius 1 is 1.71 bits per heavy atom. The lowest BCUT2D eigenvalue weighted by atomic mass is 10.2. The summed E-state index contributed by atoms with van der Waals surface area (Å²) in [6, 6.07) is 1.53. The Bertz CT molecular complexity index is 447. The van der Waals surface area contributed by atoms with E-state index in [9.17, 15) is 9.90 Å². The molecular formula is C10H14N2O5. The number of nitrogens with zero attached hydrogens (tertiary/aromatic N) is 2. The Balaban J connectivity index is 2.22. The first kappa shape index (κ1) is 12.0. The Morgan fingerprint density at radius 2 is 2.47 bits per heavy atom. The highest BCUT2D eigenvalue weighted by molar-refractivity contribution is 5.05. The van der Waals surface area contributed by atoms with E-state index < -0.39 is 24.1 Å². The molecule has 2 N–H and O–H groups in total. The summed E-state index contributed by atoms with van der Waals surface area (Å²) in [4.78, 5) is 15.3. The minimum absolute atomic E-state index is 0.225. The van der Waals surface area contributed by atoms with E-state index in [-0.39, 0.29) is 18.9 Å². The maximum atomic E-state index is 11.6. The first-order valence-electron chi connectivity index (χ1n) is 5.23.